The first-order valence-corrected chi connectivity index (χ1v) is 1.95. The minimum absolute atomic E-state index is 0. The average Bonchev–Trinajstić information content (AvgIpc) is 0.811. The van der Waals surface area contributed by atoms with Gasteiger partial charge in [-0.3, -0.25) is 4.46 Å². The molecule has 3 nitrogen and oxygen atoms in total. The second-order valence-electron chi connectivity index (χ2n) is 0.283. The Morgan fingerprint density at radius 2 is 1.43 bits per heavy atom. The Kier molecular flexibility index (Phi) is 51.6. The molecule has 0 unspecified atom stereocenters. The fraction of sp³-hybridized carbons (Fsp3) is 0. The van der Waals surface area contributed by atoms with Crippen LogP contribution in [0.25, 0.3) is 0 Å². The maximum absolute atomic E-state index is 8.74. The van der Waals surface area contributed by atoms with E-state index in [4.69, 9.17) is 14.1 Å². The molecule has 0 saturated carbocycles. The van der Waals surface area contributed by atoms with Gasteiger partial charge in [0.25, 0.3) is 0 Å². The van der Waals surface area contributed by atoms with E-state index in [1.165, 1.54) is 0 Å². The Morgan fingerprint density at radius 1 is 1.43 bits per heavy atom. The van der Waals surface area contributed by atoms with E-state index in [0.29, 0.717) is 0 Å². The van der Waals surface area contributed by atoms with Crippen molar-refractivity contribution < 1.29 is 68.2 Å². The Morgan fingerprint density at radius 3 is 1.43 bits per heavy atom. The summed E-state index contributed by atoms with van der Waals surface area (Å²) in [5, 5.41) is 0. The first-order valence-electron chi connectivity index (χ1n) is 0.651. The van der Waals surface area contributed by atoms with Crippen molar-refractivity contribution in [3.63, 3.8) is 0 Å². The van der Waals surface area contributed by atoms with Crippen LogP contribution in [-0.2, 0) is 4.46 Å². The van der Waals surface area contributed by atoms with E-state index in [2.05, 4.69) is 0 Å². The Hall–Kier alpha value is 1.98. The summed E-state index contributed by atoms with van der Waals surface area (Å²) in [6.07, 6.45) is 0. The number of hydrogen-bond acceptors (Lipinski definition) is 1. The summed E-state index contributed by atoms with van der Waals surface area (Å²) in [5.74, 6) is 0. The first-order chi connectivity index (χ1) is 1.73. The summed E-state index contributed by atoms with van der Waals surface area (Å²) in [6, 6.07) is 0. The zero-order chi connectivity index (χ0) is 3.58. The molecule has 0 aromatic carbocycles. The molecule has 0 aromatic rings. The van der Waals surface area contributed by atoms with Gasteiger partial charge in [-0.25, -0.2) is 0 Å². The summed E-state index contributed by atoms with van der Waals surface area (Å²) >= 11 is 0. The van der Waals surface area contributed by atoms with Gasteiger partial charge in [-0.2, -0.15) is 0 Å². The maximum atomic E-state index is 8.74. The molecule has 0 aliphatic carbocycles. The van der Waals surface area contributed by atoms with Crippen molar-refractivity contribution >= 4 is 32.2 Å². The molecule has 0 aliphatic rings. The summed E-state index contributed by atoms with van der Waals surface area (Å²) in [7, 11) is -3.13. The summed E-state index contributed by atoms with van der Waals surface area (Å²) in [4.78, 5) is 14.3. The summed E-state index contributed by atoms with van der Waals surface area (Å²) in [5.41, 5.74) is 0. The first kappa shape index (κ1) is 23.1. The third kappa shape index (κ3) is 72.8. The van der Waals surface area contributed by atoms with E-state index >= 15 is 0 Å². The van der Waals surface area contributed by atoms with Crippen molar-refractivity contribution in [2.75, 3.05) is 0 Å². The van der Waals surface area contributed by atoms with E-state index in [1.54, 1.807) is 0 Å². The van der Waals surface area contributed by atoms with Crippen molar-refractivity contribution in [2.24, 2.45) is 0 Å². The largest absolute Gasteiger partial charge is 2.00 e. The van der Waals surface area contributed by atoms with Crippen molar-refractivity contribution in [2.45, 2.75) is 0 Å². The molecule has 0 rings (SSSR count). The van der Waals surface area contributed by atoms with E-state index in [9.17, 15) is 0 Å². The third-order valence-electron chi connectivity index (χ3n) is 0. The van der Waals surface area contributed by atoms with Gasteiger partial charge in [0.05, 0.1) is 0 Å². The van der Waals surface area contributed by atoms with Crippen LogP contribution in [0.2, 0.25) is 0 Å². The van der Waals surface area contributed by atoms with Gasteiger partial charge in [0.1, 0.15) is 0 Å². The van der Waals surface area contributed by atoms with Crippen LogP contribution in [0.1, 0.15) is 5.71 Å². The van der Waals surface area contributed by atoms with Gasteiger partial charge >= 0.3 is 80.6 Å². The quantitative estimate of drug-likeness (QED) is 0.325. The monoisotopic (exact) mass is 136 g/mol. The van der Waals surface area contributed by atoms with Crippen LogP contribution in [0.3, 0.4) is 0 Å². The van der Waals surface area contributed by atoms with Crippen molar-refractivity contribution in [1.29, 1.82) is 0 Å². The van der Waals surface area contributed by atoms with Gasteiger partial charge in [-0.1, -0.05) is 0 Å². The average molecular weight is 136 g/mol. The minimum Gasteiger partial charge on any atom is -1.00 e. The SMILES string of the molecule is O=[Si](O)O.[H-].[H-].[H-].[H-].[Li+].[Mg+2].[Na+]. The summed E-state index contributed by atoms with van der Waals surface area (Å²) in [6.45, 7) is 0. The Bertz CT molecular complexity index is 48.3. The molecular formula is H6LiMgNaO3Si. The molecule has 7 heteroatoms. The van der Waals surface area contributed by atoms with Crippen LogP contribution in [0, 0.1) is 0 Å². The second-order valence-corrected chi connectivity index (χ2v) is 0.848. The van der Waals surface area contributed by atoms with E-state index in [-0.39, 0.29) is 77.2 Å². The van der Waals surface area contributed by atoms with Crippen LogP contribution in [0.15, 0.2) is 0 Å². The van der Waals surface area contributed by atoms with Gasteiger partial charge in [-0.15, -0.1) is 0 Å². The van der Waals surface area contributed by atoms with Crippen LogP contribution in [-0.4, -0.2) is 41.8 Å². The van der Waals surface area contributed by atoms with Crippen molar-refractivity contribution in [3.8, 4) is 0 Å². The molecule has 7 heavy (non-hydrogen) atoms. The standard InChI is InChI=1S/Li.Mg.Na.H2O3Si.4H/c;;;1-4(2)3;;;;/h;;;1-2H;;;;/q+1;+2;+1;;4*-1. The molecule has 0 saturated heterocycles. The van der Waals surface area contributed by atoms with Crippen LogP contribution < -0.4 is 48.4 Å². The molecule has 0 atom stereocenters. The molecular weight excluding hydrogens is 130 g/mol. The van der Waals surface area contributed by atoms with Gasteiger partial charge < -0.3 is 15.3 Å². The topological polar surface area (TPSA) is 57.5 Å². The number of rotatable bonds is 0. The van der Waals surface area contributed by atoms with Gasteiger partial charge in [0, 0.05) is 0 Å². The zero-order valence-corrected chi connectivity index (χ0v) is 8.92. The van der Waals surface area contributed by atoms with Crippen LogP contribution in [0.5, 0.6) is 0 Å². The van der Waals surface area contributed by atoms with E-state index < -0.39 is 9.17 Å². The van der Waals surface area contributed by atoms with Crippen LogP contribution >= 0.6 is 0 Å². The molecule has 0 aromatic heterocycles. The summed E-state index contributed by atoms with van der Waals surface area (Å²) < 4.78 is 8.74. The molecule has 0 radical (unpaired) electrons. The Labute approximate surface area is 99.3 Å². The molecule has 0 fully saturated rings. The maximum Gasteiger partial charge on any atom is 2.00 e. The predicted octanol–water partition coefficient (Wildman–Crippen LogP) is -7.54. The van der Waals surface area contributed by atoms with Gasteiger partial charge in [0.2, 0.25) is 0 Å². The third-order valence-corrected chi connectivity index (χ3v) is 0. The number of hydrogen-bond donors (Lipinski definition) is 2. The molecule has 2 N–H and O–H groups in total. The molecule has 0 spiro atoms. The van der Waals surface area contributed by atoms with Gasteiger partial charge in [-0.05, 0) is 0 Å². The van der Waals surface area contributed by atoms with Crippen molar-refractivity contribution in [1.82, 2.24) is 0 Å². The smallest absolute Gasteiger partial charge is 1.00 e. The minimum atomic E-state index is -3.13. The molecule has 0 amide bonds. The fourth-order valence-corrected chi connectivity index (χ4v) is 0. The fourth-order valence-electron chi connectivity index (χ4n) is 0. The molecule has 0 bridgehead atoms. The molecule has 0 aliphatic heterocycles. The Balaban J connectivity index is -0.00000000214. The molecule has 0 heterocycles. The van der Waals surface area contributed by atoms with Crippen LogP contribution in [0.4, 0.5) is 0 Å². The van der Waals surface area contributed by atoms with Gasteiger partial charge in [0.15, 0.2) is 0 Å². The second kappa shape index (κ2) is 15.7. The normalized spacial score (nSPS) is 3.43. The zero-order valence-electron chi connectivity index (χ0n) is 8.51. The van der Waals surface area contributed by atoms with Crippen molar-refractivity contribution in [3.05, 3.63) is 0 Å². The predicted molar refractivity (Wildman–Crippen MR) is 21.1 cm³/mol. The van der Waals surface area contributed by atoms with E-state index in [0.717, 1.165) is 0 Å². The molecule has 32 valence electrons. The van der Waals surface area contributed by atoms with E-state index in [1.807, 2.05) is 0 Å².